The highest BCUT2D eigenvalue weighted by molar-refractivity contribution is 5.35. The molecule has 1 N–H and O–H groups in total. The molecule has 1 heterocycles. The molecule has 0 aliphatic rings. The second kappa shape index (κ2) is 6.57. The Kier molecular flexibility index (Phi) is 4.79. The Hall–Kier alpha value is -1.81. The van der Waals surface area contributed by atoms with Gasteiger partial charge in [0.05, 0.1) is 13.3 Å². The van der Waals surface area contributed by atoms with Gasteiger partial charge in [0.1, 0.15) is 5.75 Å². The van der Waals surface area contributed by atoms with Gasteiger partial charge in [0.25, 0.3) is 0 Å². The van der Waals surface area contributed by atoms with Gasteiger partial charge in [-0.2, -0.15) is 5.10 Å². The summed E-state index contributed by atoms with van der Waals surface area (Å²) in [4.78, 5) is 0. The monoisotopic (exact) mass is 273 g/mol. The summed E-state index contributed by atoms with van der Waals surface area (Å²) in [6.45, 7) is 5.16. The number of aryl methyl sites for hydroxylation is 1. The molecule has 0 spiro atoms. The zero-order valence-corrected chi connectivity index (χ0v) is 12.7. The first-order valence-electron chi connectivity index (χ1n) is 7.01. The van der Waals surface area contributed by atoms with Gasteiger partial charge >= 0.3 is 0 Å². The Bertz CT molecular complexity index is 563. The van der Waals surface area contributed by atoms with Crippen molar-refractivity contribution >= 4 is 0 Å². The van der Waals surface area contributed by atoms with E-state index in [9.17, 15) is 0 Å². The average molecular weight is 273 g/mol. The van der Waals surface area contributed by atoms with E-state index in [0.29, 0.717) is 0 Å². The Morgan fingerprint density at radius 3 is 2.70 bits per heavy atom. The van der Waals surface area contributed by atoms with Crippen LogP contribution in [0.25, 0.3) is 0 Å². The van der Waals surface area contributed by atoms with Crippen LogP contribution in [0.15, 0.2) is 30.5 Å². The van der Waals surface area contributed by atoms with Crippen LogP contribution in [0.5, 0.6) is 5.75 Å². The quantitative estimate of drug-likeness (QED) is 0.879. The highest BCUT2D eigenvalue weighted by Gasteiger charge is 2.17. The van der Waals surface area contributed by atoms with E-state index in [1.165, 1.54) is 16.8 Å². The maximum atomic E-state index is 5.45. The predicted octanol–water partition coefficient (Wildman–Crippen LogP) is 2.63. The Morgan fingerprint density at radius 2 is 2.10 bits per heavy atom. The van der Waals surface area contributed by atoms with E-state index in [-0.39, 0.29) is 6.04 Å². The predicted molar refractivity (Wildman–Crippen MR) is 81.1 cm³/mol. The second-order valence-electron chi connectivity index (χ2n) is 4.94. The fraction of sp³-hybridized carbons (Fsp3) is 0.438. The number of ether oxygens (including phenoxy) is 1. The summed E-state index contributed by atoms with van der Waals surface area (Å²) in [7, 11) is 3.70. The topological polar surface area (TPSA) is 39.1 Å². The SMILES string of the molecule is CCNC(Cc1ccccc1OC)c1cnn(C)c1C. The molecule has 0 aliphatic carbocycles. The van der Waals surface area contributed by atoms with Gasteiger partial charge in [-0.25, -0.2) is 0 Å². The number of nitrogens with zero attached hydrogens (tertiary/aromatic N) is 2. The molecule has 1 unspecified atom stereocenters. The first kappa shape index (κ1) is 14.6. The van der Waals surface area contributed by atoms with Gasteiger partial charge in [-0.05, 0) is 31.5 Å². The molecular weight excluding hydrogens is 250 g/mol. The summed E-state index contributed by atoms with van der Waals surface area (Å²) >= 11 is 0. The second-order valence-corrected chi connectivity index (χ2v) is 4.94. The number of rotatable bonds is 6. The van der Waals surface area contributed by atoms with Crippen LogP contribution in [0.4, 0.5) is 0 Å². The summed E-state index contributed by atoms with van der Waals surface area (Å²) in [5.41, 5.74) is 3.66. The number of methoxy groups -OCH3 is 1. The molecule has 20 heavy (non-hydrogen) atoms. The first-order chi connectivity index (χ1) is 9.67. The van der Waals surface area contributed by atoms with Crippen LogP contribution in [-0.2, 0) is 13.5 Å². The average Bonchev–Trinajstić information content (AvgIpc) is 2.79. The summed E-state index contributed by atoms with van der Waals surface area (Å²) in [6, 6.07) is 8.44. The van der Waals surface area contributed by atoms with Gasteiger partial charge in [-0.15, -0.1) is 0 Å². The molecule has 108 valence electrons. The molecule has 4 heteroatoms. The third kappa shape index (κ3) is 3.02. The molecule has 2 aromatic rings. The van der Waals surface area contributed by atoms with Crippen molar-refractivity contribution in [2.45, 2.75) is 26.3 Å². The van der Waals surface area contributed by atoms with Crippen molar-refractivity contribution in [3.8, 4) is 5.75 Å². The third-order valence-electron chi connectivity index (χ3n) is 3.72. The molecule has 1 aromatic carbocycles. The third-order valence-corrected chi connectivity index (χ3v) is 3.72. The fourth-order valence-electron chi connectivity index (χ4n) is 2.49. The lowest BCUT2D eigenvalue weighted by Crippen LogP contribution is -2.23. The van der Waals surface area contributed by atoms with E-state index >= 15 is 0 Å². The smallest absolute Gasteiger partial charge is 0.122 e. The summed E-state index contributed by atoms with van der Waals surface area (Å²) in [5.74, 6) is 0.942. The molecule has 0 saturated carbocycles. The lowest BCUT2D eigenvalue weighted by atomic mass is 9.98. The minimum Gasteiger partial charge on any atom is -0.496 e. The molecule has 0 fully saturated rings. The molecular formula is C16H23N3O. The molecule has 0 radical (unpaired) electrons. The normalized spacial score (nSPS) is 12.4. The number of benzene rings is 1. The largest absolute Gasteiger partial charge is 0.496 e. The van der Waals surface area contributed by atoms with Crippen LogP contribution >= 0.6 is 0 Å². The fourth-order valence-corrected chi connectivity index (χ4v) is 2.49. The van der Waals surface area contributed by atoms with Gasteiger partial charge in [0, 0.05) is 24.3 Å². The van der Waals surface area contributed by atoms with Crippen molar-refractivity contribution in [2.24, 2.45) is 7.05 Å². The number of hydrogen-bond acceptors (Lipinski definition) is 3. The number of aromatic nitrogens is 2. The molecule has 1 aromatic heterocycles. The standard InChI is InChI=1S/C16H23N3O/c1-5-17-15(14-11-18-19(3)12(14)2)10-13-8-6-7-9-16(13)20-4/h6-9,11,15,17H,5,10H2,1-4H3. The molecule has 0 saturated heterocycles. The number of hydrogen-bond donors (Lipinski definition) is 1. The van der Waals surface area contributed by atoms with Gasteiger partial charge in [0.15, 0.2) is 0 Å². The highest BCUT2D eigenvalue weighted by Crippen LogP contribution is 2.26. The maximum absolute atomic E-state index is 5.45. The van der Waals surface area contributed by atoms with Crippen LogP contribution in [0.3, 0.4) is 0 Å². The van der Waals surface area contributed by atoms with Gasteiger partial charge in [0.2, 0.25) is 0 Å². The van der Waals surface area contributed by atoms with Gasteiger partial charge in [-0.1, -0.05) is 25.1 Å². The summed E-state index contributed by atoms with van der Waals surface area (Å²) < 4.78 is 7.37. The number of likely N-dealkylation sites (N-methyl/N-ethyl adjacent to an activating group) is 1. The summed E-state index contributed by atoms with van der Waals surface area (Å²) in [6.07, 6.45) is 2.85. The van der Waals surface area contributed by atoms with E-state index in [1.54, 1.807) is 7.11 Å². The number of nitrogens with one attached hydrogen (secondary N) is 1. The Labute approximate surface area is 120 Å². The first-order valence-corrected chi connectivity index (χ1v) is 7.01. The molecule has 4 nitrogen and oxygen atoms in total. The highest BCUT2D eigenvalue weighted by atomic mass is 16.5. The van der Waals surface area contributed by atoms with Crippen molar-refractivity contribution in [1.29, 1.82) is 0 Å². The maximum Gasteiger partial charge on any atom is 0.122 e. The lowest BCUT2D eigenvalue weighted by Gasteiger charge is -2.19. The number of para-hydroxylation sites is 1. The molecule has 0 bridgehead atoms. The van der Waals surface area contributed by atoms with E-state index in [0.717, 1.165) is 18.7 Å². The Morgan fingerprint density at radius 1 is 1.35 bits per heavy atom. The van der Waals surface area contributed by atoms with Crippen LogP contribution < -0.4 is 10.1 Å². The Balaban J connectivity index is 2.28. The molecule has 0 amide bonds. The van der Waals surface area contributed by atoms with Crippen molar-refractivity contribution in [3.05, 3.63) is 47.3 Å². The van der Waals surface area contributed by atoms with Crippen LogP contribution in [-0.4, -0.2) is 23.4 Å². The van der Waals surface area contributed by atoms with Crippen molar-refractivity contribution in [1.82, 2.24) is 15.1 Å². The zero-order valence-electron chi connectivity index (χ0n) is 12.7. The van der Waals surface area contributed by atoms with Crippen LogP contribution in [0, 0.1) is 6.92 Å². The zero-order chi connectivity index (χ0) is 14.5. The molecule has 2 rings (SSSR count). The van der Waals surface area contributed by atoms with Crippen molar-refractivity contribution < 1.29 is 4.74 Å². The van der Waals surface area contributed by atoms with Gasteiger partial charge < -0.3 is 10.1 Å². The van der Waals surface area contributed by atoms with Crippen LogP contribution in [0.1, 0.15) is 29.8 Å². The van der Waals surface area contributed by atoms with E-state index in [1.807, 2.05) is 30.1 Å². The van der Waals surface area contributed by atoms with E-state index < -0.39 is 0 Å². The molecule has 0 aliphatic heterocycles. The summed E-state index contributed by atoms with van der Waals surface area (Å²) in [5, 5.41) is 7.89. The van der Waals surface area contributed by atoms with E-state index in [4.69, 9.17) is 4.74 Å². The van der Waals surface area contributed by atoms with Gasteiger partial charge in [-0.3, -0.25) is 4.68 Å². The van der Waals surface area contributed by atoms with Crippen molar-refractivity contribution in [2.75, 3.05) is 13.7 Å². The minimum atomic E-state index is 0.255. The van der Waals surface area contributed by atoms with E-state index in [2.05, 4.69) is 36.4 Å². The van der Waals surface area contributed by atoms with Crippen LogP contribution in [0.2, 0.25) is 0 Å². The lowest BCUT2D eigenvalue weighted by molar-refractivity contribution is 0.405. The molecule has 1 atom stereocenters. The minimum absolute atomic E-state index is 0.255. The van der Waals surface area contributed by atoms with Crippen molar-refractivity contribution in [3.63, 3.8) is 0 Å².